The lowest BCUT2D eigenvalue weighted by atomic mass is 10.0. The predicted molar refractivity (Wildman–Crippen MR) is 62.3 cm³/mol. The molecule has 0 saturated heterocycles. The summed E-state index contributed by atoms with van der Waals surface area (Å²) in [5.74, 6) is -1.89. The molecule has 0 heterocycles. The van der Waals surface area contributed by atoms with Gasteiger partial charge in [-0.25, -0.2) is 4.39 Å². The van der Waals surface area contributed by atoms with Crippen molar-refractivity contribution >= 4 is 11.9 Å². The van der Waals surface area contributed by atoms with E-state index in [4.69, 9.17) is 5.11 Å². The van der Waals surface area contributed by atoms with Gasteiger partial charge in [0.05, 0.1) is 6.04 Å². The molecule has 5 heteroatoms. The molecule has 0 spiro atoms. The number of nitrogens with one attached hydrogen (secondary N) is 1. The highest BCUT2D eigenvalue weighted by molar-refractivity contribution is 6.04. The molecule has 1 aliphatic carbocycles. The van der Waals surface area contributed by atoms with Gasteiger partial charge in [0.15, 0.2) is 0 Å². The van der Waals surface area contributed by atoms with Crippen molar-refractivity contribution in [2.75, 3.05) is 0 Å². The second-order valence-electron chi connectivity index (χ2n) is 4.63. The second kappa shape index (κ2) is 4.40. The van der Waals surface area contributed by atoms with E-state index in [2.05, 4.69) is 5.32 Å². The summed E-state index contributed by atoms with van der Waals surface area (Å²) in [6.07, 6.45) is 0.759. The third-order valence-electron chi connectivity index (χ3n) is 3.31. The summed E-state index contributed by atoms with van der Waals surface area (Å²) >= 11 is 0. The zero-order valence-electron chi connectivity index (χ0n) is 9.94. The van der Waals surface area contributed by atoms with Crippen LogP contribution < -0.4 is 5.32 Å². The van der Waals surface area contributed by atoms with E-state index >= 15 is 0 Å². The number of rotatable bonds is 4. The maximum absolute atomic E-state index is 12.8. The highest BCUT2D eigenvalue weighted by Crippen LogP contribution is 2.46. The summed E-state index contributed by atoms with van der Waals surface area (Å²) in [5.41, 5.74) is -0.500. The number of amides is 1. The first-order valence-corrected chi connectivity index (χ1v) is 5.75. The van der Waals surface area contributed by atoms with Crippen LogP contribution in [-0.2, 0) is 9.59 Å². The number of carboxylic acids is 1. The molecule has 0 radical (unpaired) electrons. The second-order valence-corrected chi connectivity index (χ2v) is 4.63. The average Bonchev–Trinajstić information content (AvgIpc) is 3.10. The topological polar surface area (TPSA) is 66.4 Å². The van der Waals surface area contributed by atoms with Crippen molar-refractivity contribution in [1.82, 2.24) is 5.32 Å². The van der Waals surface area contributed by atoms with Crippen molar-refractivity contribution in [2.24, 2.45) is 5.41 Å². The monoisotopic (exact) mass is 251 g/mol. The van der Waals surface area contributed by atoms with Crippen LogP contribution in [-0.4, -0.2) is 17.0 Å². The summed E-state index contributed by atoms with van der Waals surface area (Å²) in [6, 6.07) is 5.42. The first-order chi connectivity index (χ1) is 8.45. The van der Waals surface area contributed by atoms with Crippen molar-refractivity contribution in [2.45, 2.75) is 25.8 Å². The number of hydrogen-bond acceptors (Lipinski definition) is 2. The number of aliphatic carboxylic acids is 1. The van der Waals surface area contributed by atoms with Crippen LogP contribution in [0.3, 0.4) is 0 Å². The quantitative estimate of drug-likeness (QED) is 0.803. The number of carboxylic acid groups (broad SMARTS) is 1. The van der Waals surface area contributed by atoms with Gasteiger partial charge in [0.25, 0.3) is 0 Å². The summed E-state index contributed by atoms with van der Waals surface area (Å²) in [6.45, 7) is 1.74. The number of carbonyl (C=O) groups is 2. The SMILES string of the molecule is CC(NC(=O)C1(C(=O)O)CC1)c1ccc(F)cc1. The normalized spacial score (nSPS) is 17.9. The van der Waals surface area contributed by atoms with E-state index in [1.807, 2.05) is 0 Å². The Morgan fingerprint density at radius 1 is 1.33 bits per heavy atom. The number of hydrogen-bond donors (Lipinski definition) is 2. The molecule has 0 aliphatic heterocycles. The van der Waals surface area contributed by atoms with Crippen LogP contribution in [0.25, 0.3) is 0 Å². The molecule has 0 aromatic heterocycles. The number of benzene rings is 1. The van der Waals surface area contributed by atoms with E-state index in [1.165, 1.54) is 12.1 Å². The molecular weight excluding hydrogens is 237 g/mol. The smallest absolute Gasteiger partial charge is 0.319 e. The van der Waals surface area contributed by atoms with E-state index in [0.717, 1.165) is 5.56 Å². The lowest BCUT2D eigenvalue weighted by Gasteiger charge is -2.17. The summed E-state index contributed by atoms with van der Waals surface area (Å²) in [5, 5.41) is 11.6. The Kier molecular flexibility index (Phi) is 3.07. The maximum Gasteiger partial charge on any atom is 0.319 e. The molecule has 1 aliphatic rings. The standard InChI is InChI=1S/C13H14FNO3/c1-8(9-2-4-10(14)5-3-9)15-11(16)13(6-7-13)12(17)18/h2-5,8H,6-7H2,1H3,(H,15,16)(H,17,18). The Labute approximate surface area is 104 Å². The molecule has 1 aromatic rings. The van der Waals surface area contributed by atoms with Crippen LogP contribution in [0.5, 0.6) is 0 Å². The lowest BCUT2D eigenvalue weighted by Crippen LogP contribution is -2.38. The summed E-state index contributed by atoms with van der Waals surface area (Å²) in [7, 11) is 0. The van der Waals surface area contributed by atoms with Gasteiger partial charge in [-0.2, -0.15) is 0 Å². The molecule has 1 unspecified atom stereocenters. The highest BCUT2D eigenvalue weighted by atomic mass is 19.1. The summed E-state index contributed by atoms with van der Waals surface area (Å²) < 4.78 is 12.8. The van der Waals surface area contributed by atoms with Gasteiger partial charge in [0.2, 0.25) is 5.91 Å². The predicted octanol–water partition coefficient (Wildman–Crippen LogP) is 1.87. The van der Waals surface area contributed by atoms with Crippen LogP contribution >= 0.6 is 0 Å². The number of halogens is 1. The van der Waals surface area contributed by atoms with Crippen molar-refractivity contribution < 1.29 is 19.1 Å². The zero-order valence-corrected chi connectivity index (χ0v) is 9.94. The van der Waals surface area contributed by atoms with E-state index in [9.17, 15) is 14.0 Å². The molecule has 96 valence electrons. The molecule has 2 rings (SSSR count). The molecule has 0 bridgehead atoms. The van der Waals surface area contributed by atoms with Gasteiger partial charge in [0.1, 0.15) is 11.2 Å². The Bertz CT molecular complexity index is 480. The van der Waals surface area contributed by atoms with E-state index < -0.39 is 17.3 Å². The molecule has 1 saturated carbocycles. The number of carbonyl (C=O) groups excluding carboxylic acids is 1. The van der Waals surface area contributed by atoms with E-state index in [-0.39, 0.29) is 11.9 Å². The van der Waals surface area contributed by atoms with Gasteiger partial charge < -0.3 is 10.4 Å². The van der Waals surface area contributed by atoms with Gasteiger partial charge in [-0.1, -0.05) is 12.1 Å². The molecule has 2 N–H and O–H groups in total. The Hall–Kier alpha value is -1.91. The van der Waals surface area contributed by atoms with E-state index in [1.54, 1.807) is 19.1 Å². The minimum atomic E-state index is -1.24. The van der Waals surface area contributed by atoms with Crippen molar-refractivity contribution in [1.29, 1.82) is 0 Å². The maximum atomic E-state index is 12.8. The van der Waals surface area contributed by atoms with Crippen molar-refractivity contribution in [3.63, 3.8) is 0 Å². The van der Waals surface area contributed by atoms with Gasteiger partial charge in [0, 0.05) is 0 Å². The minimum Gasteiger partial charge on any atom is -0.480 e. The molecule has 1 fully saturated rings. The lowest BCUT2D eigenvalue weighted by molar-refractivity contribution is -0.149. The molecule has 1 atom stereocenters. The summed E-state index contributed by atoms with van der Waals surface area (Å²) in [4.78, 5) is 22.8. The minimum absolute atomic E-state index is 0.338. The van der Waals surface area contributed by atoms with Gasteiger partial charge in [-0.05, 0) is 37.5 Å². The fourth-order valence-corrected chi connectivity index (χ4v) is 1.83. The molecule has 1 amide bonds. The molecular formula is C13H14FNO3. The first kappa shape index (κ1) is 12.5. The Morgan fingerprint density at radius 2 is 1.89 bits per heavy atom. The van der Waals surface area contributed by atoms with Crippen molar-refractivity contribution in [3.8, 4) is 0 Å². The zero-order chi connectivity index (χ0) is 13.3. The third kappa shape index (κ3) is 2.20. The third-order valence-corrected chi connectivity index (χ3v) is 3.31. The Morgan fingerprint density at radius 3 is 2.33 bits per heavy atom. The van der Waals surface area contributed by atoms with Gasteiger partial charge in [-0.15, -0.1) is 0 Å². The van der Waals surface area contributed by atoms with Crippen LogP contribution in [0.2, 0.25) is 0 Å². The molecule has 1 aromatic carbocycles. The van der Waals surface area contributed by atoms with Gasteiger partial charge in [-0.3, -0.25) is 9.59 Å². The molecule has 18 heavy (non-hydrogen) atoms. The fraction of sp³-hybridized carbons (Fsp3) is 0.385. The van der Waals surface area contributed by atoms with Crippen LogP contribution in [0.4, 0.5) is 4.39 Å². The largest absolute Gasteiger partial charge is 0.480 e. The first-order valence-electron chi connectivity index (χ1n) is 5.75. The Balaban J connectivity index is 2.04. The highest BCUT2D eigenvalue weighted by Gasteiger charge is 2.57. The fourth-order valence-electron chi connectivity index (χ4n) is 1.83. The average molecular weight is 251 g/mol. The van der Waals surface area contributed by atoms with Crippen LogP contribution in [0.15, 0.2) is 24.3 Å². The van der Waals surface area contributed by atoms with Crippen LogP contribution in [0.1, 0.15) is 31.4 Å². The van der Waals surface area contributed by atoms with Crippen LogP contribution in [0, 0.1) is 11.2 Å². The molecule has 4 nitrogen and oxygen atoms in total. The van der Waals surface area contributed by atoms with Gasteiger partial charge >= 0.3 is 5.97 Å². The van der Waals surface area contributed by atoms with Crippen molar-refractivity contribution in [3.05, 3.63) is 35.6 Å². The van der Waals surface area contributed by atoms with E-state index in [0.29, 0.717) is 12.8 Å².